The van der Waals surface area contributed by atoms with Gasteiger partial charge in [0.15, 0.2) is 5.78 Å². The van der Waals surface area contributed by atoms with Gasteiger partial charge < -0.3 is 0 Å². The molecule has 0 aliphatic heterocycles. The van der Waals surface area contributed by atoms with E-state index in [2.05, 4.69) is 20.8 Å². The fourth-order valence-corrected chi connectivity index (χ4v) is 6.71. The van der Waals surface area contributed by atoms with Crippen LogP contribution in [0.15, 0.2) is 11.6 Å². The number of carbonyl (C=O) groups excluding carboxylic acids is 2. The van der Waals surface area contributed by atoms with Gasteiger partial charge in [0.1, 0.15) is 5.78 Å². The number of carbonyl (C=O) groups is 2. The van der Waals surface area contributed by atoms with Gasteiger partial charge in [-0.2, -0.15) is 0 Å². The molecule has 0 heterocycles. The van der Waals surface area contributed by atoms with Gasteiger partial charge in [0.05, 0.1) is 0 Å². The Bertz CT molecular complexity index is 574. The molecule has 4 aliphatic carbocycles. The highest BCUT2D eigenvalue weighted by Crippen LogP contribution is 2.65. The second kappa shape index (κ2) is 4.55. The first kappa shape index (κ1) is 14.7. The third-order valence-electron chi connectivity index (χ3n) is 8.22. The normalized spacial score (nSPS) is 51.0. The molecule has 2 heteroatoms. The average molecular weight is 300 g/mol. The summed E-state index contributed by atoms with van der Waals surface area (Å²) in [6.07, 6.45) is 9.12. The van der Waals surface area contributed by atoms with Gasteiger partial charge in [-0.25, -0.2) is 0 Å². The molecule has 0 N–H and O–H groups in total. The van der Waals surface area contributed by atoms with Crippen molar-refractivity contribution >= 4 is 11.6 Å². The maximum Gasteiger partial charge on any atom is 0.155 e. The first-order valence-electron chi connectivity index (χ1n) is 9.14. The first-order chi connectivity index (χ1) is 10.4. The molecule has 6 atom stereocenters. The molecule has 0 aromatic rings. The minimum absolute atomic E-state index is 0.0352. The zero-order chi connectivity index (χ0) is 15.7. The highest BCUT2D eigenvalue weighted by Gasteiger charge is 2.60. The van der Waals surface area contributed by atoms with Crippen LogP contribution in [0.3, 0.4) is 0 Å². The van der Waals surface area contributed by atoms with E-state index in [4.69, 9.17) is 0 Å². The van der Waals surface area contributed by atoms with Gasteiger partial charge in [0.2, 0.25) is 0 Å². The van der Waals surface area contributed by atoms with Crippen molar-refractivity contribution in [3.8, 4) is 0 Å². The molecule has 3 fully saturated rings. The predicted molar refractivity (Wildman–Crippen MR) is 86.3 cm³/mol. The van der Waals surface area contributed by atoms with E-state index < -0.39 is 0 Å². The molecule has 4 aliphatic rings. The Balaban J connectivity index is 1.73. The monoisotopic (exact) mass is 300 g/mol. The van der Waals surface area contributed by atoms with Gasteiger partial charge in [0, 0.05) is 18.3 Å². The summed E-state index contributed by atoms with van der Waals surface area (Å²) in [5, 5.41) is 0. The number of hydrogen-bond acceptors (Lipinski definition) is 2. The fraction of sp³-hybridized carbons (Fsp3) is 0.800. The molecule has 0 aromatic carbocycles. The molecule has 0 saturated heterocycles. The minimum Gasteiger partial charge on any atom is -0.299 e. The quantitative estimate of drug-likeness (QED) is 0.667. The van der Waals surface area contributed by atoms with Crippen LogP contribution in [0.5, 0.6) is 0 Å². The summed E-state index contributed by atoms with van der Waals surface area (Å²) in [5.41, 5.74) is 1.58. The molecular weight excluding hydrogens is 272 g/mol. The number of ketones is 2. The number of Topliss-reactive ketones (excluding diaryl/α,β-unsaturated/α-hetero) is 1. The Kier molecular flexibility index (Phi) is 3.03. The van der Waals surface area contributed by atoms with E-state index in [0.29, 0.717) is 41.7 Å². The topological polar surface area (TPSA) is 34.1 Å². The fourth-order valence-electron chi connectivity index (χ4n) is 6.71. The molecule has 22 heavy (non-hydrogen) atoms. The molecule has 3 unspecified atom stereocenters. The second-order valence-corrected chi connectivity index (χ2v) is 8.86. The van der Waals surface area contributed by atoms with Crippen LogP contribution in [0.1, 0.15) is 65.7 Å². The molecule has 0 aromatic heterocycles. The summed E-state index contributed by atoms with van der Waals surface area (Å²) < 4.78 is 0. The van der Waals surface area contributed by atoms with E-state index in [1.54, 1.807) is 0 Å². The standard InChI is InChI=1S/C20H28O2/c1-12-10-14(21)11-13-4-5-15-16-6-7-18(22)19(16,2)9-8-17(15)20(12,13)3/h11-12,15-17H,4-10H2,1-3H3/t12-,15?,16?,17?,19-,20-/m0/s1. The lowest BCUT2D eigenvalue weighted by Gasteiger charge is -2.58. The molecule has 0 spiro atoms. The van der Waals surface area contributed by atoms with Gasteiger partial charge in [-0.05, 0) is 67.3 Å². The lowest BCUT2D eigenvalue weighted by molar-refractivity contribution is -0.133. The Morgan fingerprint density at radius 3 is 2.59 bits per heavy atom. The largest absolute Gasteiger partial charge is 0.299 e. The van der Waals surface area contributed by atoms with Gasteiger partial charge in [-0.1, -0.05) is 26.3 Å². The molecule has 0 bridgehead atoms. The summed E-state index contributed by atoms with van der Waals surface area (Å²) in [6, 6.07) is 0. The zero-order valence-corrected chi connectivity index (χ0v) is 14.2. The summed E-state index contributed by atoms with van der Waals surface area (Å²) >= 11 is 0. The number of rotatable bonds is 0. The van der Waals surface area contributed by atoms with Crippen molar-refractivity contribution in [3.63, 3.8) is 0 Å². The zero-order valence-electron chi connectivity index (χ0n) is 14.2. The molecule has 2 nitrogen and oxygen atoms in total. The van der Waals surface area contributed by atoms with Crippen LogP contribution in [-0.2, 0) is 9.59 Å². The van der Waals surface area contributed by atoms with E-state index in [1.165, 1.54) is 18.4 Å². The second-order valence-electron chi connectivity index (χ2n) is 8.86. The van der Waals surface area contributed by atoms with Crippen LogP contribution in [0, 0.1) is 34.5 Å². The third kappa shape index (κ3) is 1.67. The third-order valence-corrected chi connectivity index (χ3v) is 8.22. The summed E-state index contributed by atoms with van der Waals surface area (Å²) in [4.78, 5) is 24.4. The molecule has 0 amide bonds. The molecule has 4 rings (SSSR count). The van der Waals surface area contributed by atoms with Crippen molar-refractivity contribution in [1.82, 2.24) is 0 Å². The van der Waals surface area contributed by atoms with Gasteiger partial charge >= 0.3 is 0 Å². The van der Waals surface area contributed by atoms with E-state index >= 15 is 0 Å². The van der Waals surface area contributed by atoms with Crippen LogP contribution in [0.25, 0.3) is 0 Å². The van der Waals surface area contributed by atoms with Crippen molar-refractivity contribution in [1.29, 1.82) is 0 Å². The van der Waals surface area contributed by atoms with Gasteiger partial charge in [-0.3, -0.25) is 9.59 Å². The number of fused-ring (bicyclic) bond motifs is 5. The van der Waals surface area contributed by atoms with E-state index in [-0.39, 0.29) is 10.8 Å². The van der Waals surface area contributed by atoms with Crippen molar-refractivity contribution in [2.24, 2.45) is 34.5 Å². The van der Waals surface area contributed by atoms with Crippen LogP contribution >= 0.6 is 0 Å². The summed E-state index contributed by atoms with van der Waals surface area (Å²) in [6.45, 7) is 6.94. The van der Waals surface area contributed by atoms with Crippen molar-refractivity contribution < 1.29 is 9.59 Å². The summed E-state index contributed by atoms with van der Waals surface area (Å²) in [7, 11) is 0. The van der Waals surface area contributed by atoms with Crippen molar-refractivity contribution in [2.75, 3.05) is 0 Å². The van der Waals surface area contributed by atoms with Crippen LogP contribution in [0.2, 0.25) is 0 Å². The van der Waals surface area contributed by atoms with E-state index in [1.807, 2.05) is 6.08 Å². The van der Waals surface area contributed by atoms with Gasteiger partial charge in [-0.15, -0.1) is 0 Å². The molecule has 120 valence electrons. The van der Waals surface area contributed by atoms with Gasteiger partial charge in [0.25, 0.3) is 0 Å². The first-order valence-corrected chi connectivity index (χ1v) is 9.14. The minimum atomic E-state index is -0.0352. The molecular formula is C20H28O2. The number of hydrogen-bond donors (Lipinski definition) is 0. The SMILES string of the molecule is C[C@H]1CC(=O)C=C2CCC3C(CC[C@]4(C)C(=O)CCC34)[C@]21C. The Morgan fingerprint density at radius 1 is 1.05 bits per heavy atom. The molecule has 3 saturated carbocycles. The Labute approximate surface area is 133 Å². The predicted octanol–water partition coefficient (Wildman–Crippen LogP) is 4.33. The van der Waals surface area contributed by atoms with E-state index in [9.17, 15) is 9.59 Å². The smallest absolute Gasteiger partial charge is 0.155 e. The maximum absolute atomic E-state index is 12.4. The molecule has 0 radical (unpaired) electrons. The van der Waals surface area contributed by atoms with Crippen LogP contribution < -0.4 is 0 Å². The van der Waals surface area contributed by atoms with E-state index in [0.717, 1.165) is 25.7 Å². The Morgan fingerprint density at radius 2 is 1.82 bits per heavy atom. The number of allylic oxidation sites excluding steroid dienone is 1. The van der Waals surface area contributed by atoms with Crippen molar-refractivity contribution in [2.45, 2.75) is 65.7 Å². The average Bonchev–Trinajstić information content (AvgIpc) is 2.77. The lowest BCUT2D eigenvalue weighted by atomic mass is 9.45. The lowest BCUT2D eigenvalue weighted by Crippen LogP contribution is -2.53. The summed E-state index contributed by atoms with van der Waals surface area (Å²) in [5.74, 6) is 3.28. The van der Waals surface area contributed by atoms with Crippen LogP contribution in [-0.4, -0.2) is 11.6 Å². The van der Waals surface area contributed by atoms with Crippen LogP contribution in [0.4, 0.5) is 0 Å². The highest BCUT2D eigenvalue weighted by atomic mass is 16.1. The van der Waals surface area contributed by atoms with Crippen molar-refractivity contribution in [3.05, 3.63) is 11.6 Å². The highest BCUT2D eigenvalue weighted by molar-refractivity contribution is 5.92. The Hall–Kier alpha value is -0.920. The maximum atomic E-state index is 12.4.